The summed E-state index contributed by atoms with van der Waals surface area (Å²) in [4.78, 5) is 7.67. The van der Waals surface area contributed by atoms with Gasteiger partial charge in [-0.1, -0.05) is 0 Å². The Morgan fingerprint density at radius 2 is 1.93 bits per heavy atom. The lowest BCUT2D eigenvalue weighted by atomic mass is 10.3. The number of benzene rings is 1. The van der Waals surface area contributed by atoms with Crippen molar-refractivity contribution in [1.82, 2.24) is 9.97 Å². The quantitative estimate of drug-likeness (QED) is 0.761. The van der Waals surface area contributed by atoms with Crippen LogP contribution in [0.1, 0.15) is 0 Å². The lowest BCUT2D eigenvalue weighted by molar-refractivity contribution is 0.440. The van der Waals surface area contributed by atoms with Gasteiger partial charge in [-0.05, 0) is 18.2 Å². The first-order chi connectivity index (χ1) is 7.25. The average molecular weight is 205 g/mol. The predicted octanol–water partition coefficient (Wildman–Crippen LogP) is 1.99. The van der Waals surface area contributed by atoms with Gasteiger partial charge in [0, 0.05) is 18.5 Å². The molecular weight excluding hydrogens is 197 g/mol. The van der Waals surface area contributed by atoms with Crippen molar-refractivity contribution in [1.29, 1.82) is 0 Å². The number of anilines is 1. The highest BCUT2D eigenvalue weighted by Gasteiger charge is 2.04. The van der Waals surface area contributed by atoms with Crippen LogP contribution in [-0.4, -0.2) is 9.97 Å². The van der Waals surface area contributed by atoms with Gasteiger partial charge >= 0.3 is 6.01 Å². The van der Waals surface area contributed by atoms with E-state index in [4.69, 9.17) is 10.5 Å². The average Bonchev–Trinajstić information content (AvgIpc) is 2.25. The van der Waals surface area contributed by atoms with Gasteiger partial charge in [-0.25, -0.2) is 14.4 Å². The molecule has 2 rings (SSSR count). The number of hydrogen-bond donors (Lipinski definition) is 1. The molecule has 0 bridgehead atoms. The van der Waals surface area contributed by atoms with Crippen molar-refractivity contribution in [2.75, 3.05) is 5.73 Å². The highest BCUT2D eigenvalue weighted by molar-refractivity contribution is 5.53. The smallest absolute Gasteiger partial charge is 0.321 e. The van der Waals surface area contributed by atoms with E-state index in [0.717, 1.165) is 0 Å². The van der Waals surface area contributed by atoms with Crippen LogP contribution in [0.5, 0.6) is 11.8 Å². The van der Waals surface area contributed by atoms with Crippen LogP contribution < -0.4 is 10.5 Å². The Balaban J connectivity index is 2.28. The fourth-order valence-electron chi connectivity index (χ4n) is 1.03. The largest absolute Gasteiger partial charge is 0.422 e. The van der Waals surface area contributed by atoms with Crippen molar-refractivity contribution in [3.8, 4) is 11.8 Å². The maximum Gasteiger partial charge on any atom is 0.321 e. The van der Waals surface area contributed by atoms with Gasteiger partial charge in [0.05, 0.1) is 5.69 Å². The fraction of sp³-hybridized carbons (Fsp3) is 0. The van der Waals surface area contributed by atoms with Crippen molar-refractivity contribution in [2.24, 2.45) is 0 Å². The van der Waals surface area contributed by atoms with E-state index in [0.29, 0.717) is 5.69 Å². The molecule has 1 aromatic heterocycles. The molecule has 0 aliphatic rings. The molecule has 4 nitrogen and oxygen atoms in total. The lowest BCUT2D eigenvalue weighted by Gasteiger charge is -2.05. The fourth-order valence-corrected chi connectivity index (χ4v) is 1.03. The lowest BCUT2D eigenvalue weighted by Crippen LogP contribution is -1.95. The minimum absolute atomic E-state index is 0.134. The third-order valence-corrected chi connectivity index (χ3v) is 1.72. The summed E-state index contributed by atoms with van der Waals surface area (Å²) in [6.07, 6.45) is 3.05. The molecule has 0 radical (unpaired) electrons. The maximum atomic E-state index is 12.9. The number of nitrogen functional groups attached to an aromatic ring is 1. The molecule has 15 heavy (non-hydrogen) atoms. The number of hydrogen-bond acceptors (Lipinski definition) is 4. The number of nitrogens with two attached hydrogens (primary N) is 1. The second kappa shape index (κ2) is 3.91. The van der Waals surface area contributed by atoms with Crippen LogP contribution in [0.2, 0.25) is 0 Å². The van der Waals surface area contributed by atoms with Crippen molar-refractivity contribution >= 4 is 5.69 Å². The van der Waals surface area contributed by atoms with Gasteiger partial charge in [-0.3, -0.25) is 0 Å². The highest BCUT2D eigenvalue weighted by Crippen LogP contribution is 2.25. The first-order valence-corrected chi connectivity index (χ1v) is 4.25. The molecule has 0 amide bonds. The number of rotatable bonds is 2. The Morgan fingerprint density at radius 1 is 1.20 bits per heavy atom. The molecule has 0 unspecified atom stereocenters. The van der Waals surface area contributed by atoms with E-state index in [1.54, 1.807) is 6.07 Å². The van der Waals surface area contributed by atoms with Crippen LogP contribution in [0.15, 0.2) is 36.7 Å². The van der Waals surface area contributed by atoms with Crippen molar-refractivity contribution in [3.63, 3.8) is 0 Å². The summed E-state index contributed by atoms with van der Waals surface area (Å²) < 4.78 is 18.1. The van der Waals surface area contributed by atoms with Crippen LogP contribution in [0.25, 0.3) is 0 Å². The molecular formula is C10H8FN3O. The highest BCUT2D eigenvalue weighted by atomic mass is 19.1. The minimum Gasteiger partial charge on any atom is -0.422 e. The molecule has 76 valence electrons. The third kappa shape index (κ3) is 2.19. The zero-order chi connectivity index (χ0) is 10.7. The monoisotopic (exact) mass is 205 g/mol. The maximum absolute atomic E-state index is 12.9. The second-order valence-corrected chi connectivity index (χ2v) is 2.82. The second-order valence-electron chi connectivity index (χ2n) is 2.82. The Labute approximate surface area is 85.5 Å². The summed E-state index contributed by atoms with van der Waals surface area (Å²) in [5.74, 6) is -0.212. The number of nitrogens with zero attached hydrogens (tertiary/aromatic N) is 2. The van der Waals surface area contributed by atoms with Gasteiger partial charge in [-0.2, -0.15) is 0 Å². The molecule has 0 saturated heterocycles. The van der Waals surface area contributed by atoms with Gasteiger partial charge in [0.1, 0.15) is 5.82 Å². The Bertz CT molecular complexity index is 461. The Morgan fingerprint density at radius 3 is 2.67 bits per heavy atom. The van der Waals surface area contributed by atoms with E-state index in [2.05, 4.69) is 9.97 Å². The first kappa shape index (κ1) is 9.39. The van der Waals surface area contributed by atoms with E-state index in [1.807, 2.05) is 0 Å². The molecule has 0 aliphatic carbocycles. The summed E-state index contributed by atoms with van der Waals surface area (Å²) in [6, 6.07) is 5.66. The van der Waals surface area contributed by atoms with E-state index in [1.165, 1.54) is 30.6 Å². The molecule has 0 fully saturated rings. The third-order valence-electron chi connectivity index (χ3n) is 1.72. The van der Waals surface area contributed by atoms with Gasteiger partial charge in [0.2, 0.25) is 0 Å². The van der Waals surface area contributed by atoms with Crippen LogP contribution >= 0.6 is 0 Å². The number of halogens is 1. The summed E-state index contributed by atoms with van der Waals surface area (Å²) in [5.41, 5.74) is 5.93. The van der Waals surface area contributed by atoms with E-state index < -0.39 is 5.82 Å². The molecule has 0 aliphatic heterocycles. The molecule has 0 saturated carbocycles. The molecule has 0 atom stereocenters. The van der Waals surface area contributed by atoms with Gasteiger partial charge in [0.25, 0.3) is 0 Å². The van der Waals surface area contributed by atoms with E-state index in [-0.39, 0.29) is 11.8 Å². The minimum atomic E-state index is -0.421. The zero-order valence-electron chi connectivity index (χ0n) is 7.72. The van der Waals surface area contributed by atoms with Crippen molar-refractivity contribution in [2.45, 2.75) is 0 Å². The van der Waals surface area contributed by atoms with Crippen LogP contribution in [0.3, 0.4) is 0 Å². The van der Waals surface area contributed by atoms with Crippen LogP contribution in [0, 0.1) is 5.82 Å². The number of aromatic nitrogens is 2. The topological polar surface area (TPSA) is 61.0 Å². The molecule has 5 heteroatoms. The van der Waals surface area contributed by atoms with Crippen LogP contribution in [0.4, 0.5) is 10.1 Å². The summed E-state index contributed by atoms with van der Waals surface area (Å²) in [5, 5.41) is 0. The normalized spacial score (nSPS) is 9.93. The number of ether oxygens (including phenoxy) is 1. The van der Waals surface area contributed by atoms with Gasteiger partial charge in [0.15, 0.2) is 5.75 Å². The summed E-state index contributed by atoms with van der Waals surface area (Å²) >= 11 is 0. The van der Waals surface area contributed by atoms with Gasteiger partial charge in [-0.15, -0.1) is 0 Å². The molecule has 0 spiro atoms. The van der Waals surface area contributed by atoms with Crippen LogP contribution in [-0.2, 0) is 0 Å². The molecule has 2 N–H and O–H groups in total. The predicted molar refractivity (Wildman–Crippen MR) is 52.9 cm³/mol. The molecule has 1 aromatic carbocycles. The zero-order valence-corrected chi connectivity index (χ0v) is 7.72. The Kier molecular flexibility index (Phi) is 2.45. The van der Waals surface area contributed by atoms with E-state index >= 15 is 0 Å². The van der Waals surface area contributed by atoms with E-state index in [9.17, 15) is 4.39 Å². The first-order valence-electron chi connectivity index (χ1n) is 4.25. The molecule has 1 heterocycles. The van der Waals surface area contributed by atoms with Crippen molar-refractivity contribution in [3.05, 3.63) is 42.5 Å². The molecule has 2 aromatic rings. The van der Waals surface area contributed by atoms with Gasteiger partial charge < -0.3 is 10.5 Å². The Hall–Kier alpha value is -2.17. The standard InChI is InChI=1S/C10H8FN3O/c11-7-2-3-8(12)9(6-7)15-10-13-4-1-5-14-10/h1-6H,12H2. The summed E-state index contributed by atoms with van der Waals surface area (Å²) in [6.45, 7) is 0. The SMILES string of the molecule is Nc1ccc(F)cc1Oc1ncccn1. The van der Waals surface area contributed by atoms with Crippen molar-refractivity contribution < 1.29 is 9.13 Å². The summed E-state index contributed by atoms with van der Waals surface area (Å²) in [7, 11) is 0.